The lowest BCUT2D eigenvalue weighted by molar-refractivity contribution is -0.220. The predicted molar refractivity (Wildman–Crippen MR) is 267 cm³/mol. The normalized spacial score (nSPS) is 22.1. The van der Waals surface area contributed by atoms with Gasteiger partial charge in [-0.15, -0.1) is 0 Å². The molecule has 66 heavy (non-hydrogen) atoms. The van der Waals surface area contributed by atoms with Crippen LogP contribution in [0.5, 0.6) is 0 Å². The average Bonchev–Trinajstić information content (AvgIpc) is 3.30. The van der Waals surface area contributed by atoms with Crippen LogP contribution in [-0.2, 0) is 27.9 Å². The van der Waals surface area contributed by atoms with Gasteiger partial charge in [0.25, 0.3) is 0 Å². The molecule has 1 fully saturated rings. The van der Waals surface area contributed by atoms with Crippen molar-refractivity contribution in [1.29, 1.82) is 0 Å². The Morgan fingerprint density at radius 1 is 0.500 bits per heavy atom. The fourth-order valence-electron chi connectivity index (χ4n) is 7.24. The molecule has 1 aliphatic rings. The second-order valence-electron chi connectivity index (χ2n) is 17.3. The fraction of sp³-hybridized carbons (Fsp3) is 0.717. The number of hydrogen-bond acceptors (Lipinski definition) is 11. The highest BCUT2D eigenvalue weighted by Crippen LogP contribution is 2.47. The van der Waals surface area contributed by atoms with Crippen molar-refractivity contribution in [2.75, 3.05) is 19.8 Å². The van der Waals surface area contributed by atoms with Crippen molar-refractivity contribution >= 4 is 13.8 Å². The van der Waals surface area contributed by atoms with Gasteiger partial charge in [0.05, 0.1) is 13.2 Å². The molecule has 0 radical (unpaired) electrons. The molecule has 13 heteroatoms. The molecule has 0 aromatic heterocycles. The molecular formula is C53H91O12P. The van der Waals surface area contributed by atoms with Crippen molar-refractivity contribution in [3.8, 4) is 0 Å². The van der Waals surface area contributed by atoms with Crippen LogP contribution in [0.15, 0.2) is 85.1 Å². The smallest absolute Gasteiger partial charge is 0.457 e. The van der Waals surface area contributed by atoms with Gasteiger partial charge in [0.1, 0.15) is 42.7 Å². The highest BCUT2D eigenvalue weighted by atomic mass is 31.2. The Bertz CT molecular complexity index is 1410. The molecule has 0 saturated heterocycles. The molecule has 1 aliphatic carbocycles. The van der Waals surface area contributed by atoms with Gasteiger partial charge in [0.2, 0.25) is 0 Å². The number of allylic oxidation sites excluding steroid dienone is 14. The molecule has 0 aliphatic heterocycles. The Balaban J connectivity index is 2.37. The lowest BCUT2D eigenvalue weighted by Crippen LogP contribution is -2.64. The summed E-state index contributed by atoms with van der Waals surface area (Å²) in [6.07, 6.45) is 45.0. The van der Waals surface area contributed by atoms with Crippen molar-refractivity contribution in [1.82, 2.24) is 0 Å². The molecule has 6 atom stereocenters. The molecule has 1 saturated carbocycles. The molecule has 380 valence electrons. The van der Waals surface area contributed by atoms with E-state index in [2.05, 4.69) is 98.9 Å². The number of unbranched alkanes of at least 4 members (excludes halogenated alkanes) is 16. The highest BCUT2D eigenvalue weighted by Gasteiger charge is 2.51. The Labute approximate surface area is 399 Å². The van der Waals surface area contributed by atoms with Gasteiger partial charge in [-0.25, -0.2) is 4.57 Å². The number of carbonyl (C=O) groups excluding carboxylic acids is 1. The molecule has 6 unspecified atom stereocenters. The zero-order valence-electron chi connectivity index (χ0n) is 40.7. The summed E-state index contributed by atoms with van der Waals surface area (Å²) in [5.41, 5.74) is 0. The third kappa shape index (κ3) is 33.9. The van der Waals surface area contributed by atoms with Crippen LogP contribution in [0.2, 0.25) is 0 Å². The number of rotatable bonds is 42. The molecule has 6 N–H and O–H groups in total. The van der Waals surface area contributed by atoms with E-state index in [9.17, 15) is 39.8 Å². The molecule has 0 bridgehead atoms. The summed E-state index contributed by atoms with van der Waals surface area (Å²) < 4.78 is 34.3. The van der Waals surface area contributed by atoms with E-state index in [1.54, 1.807) is 0 Å². The van der Waals surface area contributed by atoms with Gasteiger partial charge in [-0.1, -0.05) is 170 Å². The van der Waals surface area contributed by atoms with Gasteiger partial charge in [-0.2, -0.15) is 0 Å². The van der Waals surface area contributed by atoms with E-state index in [1.165, 1.54) is 25.7 Å². The lowest BCUT2D eigenvalue weighted by atomic mass is 9.85. The number of esters is 1. The number of hydrogen-bond donors (Lipinski definition) is 6. The monoisotopic (exact) mass is 951 g/mol. The number of ether oxygens (including phenoxy) is 2. The van der Waals surface area contributed by atoms with Crippen molar-refractivity contribution < 1.29 is 58.3 Å². The van der Waals surface area contributed by atoms with Gasteiger partial charge >= 0.3 is 13.8 Å². The maximum atomic E-state index is 12.9. The van der Waals surface area contributed by atoms with Crippen LogP contribution in [-0.4, -0.2) is 98.9 Å². The summed E-state index contributed by atoms with van der Waals surface area (Å²) in [5.74, 6) is -0.495. The number of phosphoric ester groups is 1. The van der Waals surface area contributed by atoms with Crippen LogP contribution in [0, 0.1) is 0 Å². The minimum atomic E-state index is -5.03. The van der Waals surface area contributed by atoms with E-state index in [0.717, 1.165) is 128 Å². The third-order valence-corrected chi connectivity index (χ3v) is 12.2. The molecule has 0 aromatic rings. The van der Waals surface area contributed by atoms with Crippen LogP contribution in [0.1, 0.15) is 181 Å². The summed E-state index contributed by atoms with van der Waals surface area (Å²) in [5, 5.41) is 50.3. The maximum absolute atomic E-state index is 12.9. The Morgan fingerprint density at radius 3 is 1.36 bits per heavy atom. The summed E-state index contributed by atoms with van der Waals surface area (Å²) in [6, 6.07) is 0. The molecule has 1 rings (SSSR count). The molecule has 0 aromatic carbocycles. The zero-order chi connectivity index (χ0) is 48.4. The first-order valence-corrected chi connectivity index (χ1v) is 26.9. The first kappa shape index (κ1) is 61.5. The Morgan fingerprint density at radius 2 is 0.894 bits per heavy atom. The predicted octanol–water partition coefficient (Wildman–Crippen LogP) is 11.3. The Hall–Kier alpha value is -2.48. The van der Waals surface area contributed by atoms with Crippen molar-refractivity contribution in [2.45, 2.75) is 224 Å². The molecule has 0 amide bonds. The van der Waals surface area contributed by atoms with Crippen molar-refractivity contribution in [3.63, 3.8) is 0 Å². The van der Waals surface area contributed by atoms with Crippen LogP contribution >= 0.6 is 7.82 Å². The SMILES string of the molecule is CC/C=C\C/C=C\C/C=C\C/C=C\C/C=C\CCCCCCCCCC(=O)OC(COCCCCCCCC/C=C\C/C=C\CCCCC)COP(=O)(O)OC1C(O)C(O)C(O)C(O)C1O. The summed E-state index contributed by atoms with van der Waals surface area (Å²) >= 11 is 0. The van der Waals surface area contributed by atoms with E-state index >= 15 is 0 Å². The highest BCUT2D eigenvalue weighted by molar-refractivity contribution is 7.47. The van der Waals surface area contributed by atoms with Crippen LogP contribution in [0.4, 0.5) is 0 Å². The minimum absolute atomic E-state index is 0.0933. The lowest BCUT2D eigenvalue weighted by Gasteiger charge is -2.41. The van der Waals surface area contributed by atoms with Gasteiger partial charge in [0.15, 0.2) is 0 Å². The van der Waals surface area contributed by atoms with E-state index < -0.39 is 63.1 Å². The van der Waals surface area contributed by atoms with E-state index in [4.69, 9.17) is 18.5 Å². The van der Waals surface area contributed by atoms with Crippen molar-refractivity contribution in [3.05, 3.63) is 85.1 Å². The summed E-state index contributed by atoms with van der Waals surface area (Å²) in [4.78, 5) is 23.2. The van der Waals surface area contributed by atoms with Gasteiger partial charge < -0.3 is 39.9 Å². The third-order valence-electron chi connectivity index (χ3n) is 11.3. The first-order chi connectivity index (χ1) is 32.0. The summed E-state index contributed by atoms with van der Waals surface area (Å²) in [7, 11) is -5.03. The molecular weight excluding hydrogens is 860 g/mol. The van der Waals surface area contributed by atoms with E-state index in [1.807, 2.05) is 0 Å². The Kier molecular flexibility index (Phi) is 39.7. The molecule has 0 spiro atoms. The zero-order valence-corrected chi connectivity index (χ0v) is 41.6. The number of carbonyl (C=O) groups is 1. The average molecular weight is 951 g/mol. The van der Waals surface area contributed by atoms with E-state index in [-0.39, 0.29) is 13.0 Å². The van der Waals surface area contributed by atoms with E-state index in [0.29, 0.717) is 13.0 Å². The largest absolute Gasteiger partial charge is 0.472 e. The maximum Gasteiger partial charge on any atom is 0.472 e. The van der Waals surface area contributed by atoms with Crippen LogP contribution in [0.3, 0.4) is 0 Å². The molecule has 0 heterocycles. The minimum Gasteiger partial charge on any atom is -0.457 e. The van der Waals surface area contributed by atoms with Crippen molar-refractivity contribution in [2.24, 2.45) is 0 Å². The fourth-order valence-corrected chi connectivity index (χ4v) is 8.21. The first-order valence-electron chi connectivity index (χ1n) is 25.4. The number of aliphatic hydroxyl groups excluding tert-OH is 5. The van der Waals surface area contributed by atoms with Gasteiger partial charge in [-0.3, -0.25) is 13.8 Å². The number of phosphoric acid groups is 1. The quantitative estimate of drug-likeness (QED) is 0.0147. The van der Waals surface area contributed by atoms with Gasteiger partial charge in [0, 0.05) is 13.0 Å². The molecule has 12 nitrogen and oxygen atoms in total. The second kappa shape index (κ2) is 42.6. The number of aliphatic hydroxyl groups is 5. The standard InChI is InChI=1S/C53H91O12P/c1-3-5-7-9-11-13-15-17-19-21-22-23-24-25-26-27-28-30-32-34-36-38-40-42-47(54)64-46(45-63-66(60,61)65-53-51(58)49(56)48(55)50(57)52(53)59)44-62-43-41-39-37-35-33-31-29-20-18-16-14-12-10-8-6-4-2/h5,7,11-14,17-20,22-23,25-26,46,48-53,55-59H,3-4,6,8-10,15-16,21,24,27-45H2,1-2H3,(H,60,61)/b7-5-,13-11-,14-12-,19-17-,20-18-,23-22-,26-25-. The topological polar surface area (TPSA) is 192 Å². The summed E-state index contributed by atoms with van der Waals surface area (Å²) in [6.45, 7) is 4.08. The van der Waals surface area contributed by atoms with Gasteiger partial charge in [-0.05, 0) is 89.9 Å². The van der Waals surface area contributed by atoms with Crippen LogP contribution < -0.4 is 0 Å². The second-order valence-corrected chi connectivity index (χ2v) is 18.7. The van der Waals surface area contributed by atoms with Crippen LogP contribution in [0.25, 0.3) is 0 Å².